The molecule has 0 saturated heterocycles. The highest BCUT2D eigenvalue weighted by Gasteiger charge is 2.64. The molecule has 6 heteroatoms. The van der Waals surface area contributed by atoms with Crippen molar-refractivity contribution in [2.75, 3.05) is 0 Å². The molecule has 0 bridgehead atoms. The molecule has 364 valence electrons. The van der Waals surface area contributed by atoms with Gasteiger partial charge in [-0.15, -0.1) is 0 Å². The highest BCUT2D eigenvalue weighted by molar-refractivity contribution is 5.85. The normalized spacial score (nSPS) is 45.5. The summed E-state index contributed by atoms with van der Waals surface area (Å²) in [6, 6.07) is 0. The molecule has 0 amide bonds. The van der Waals surface area contributed by atoms with E-state index in [1.165, 1.54) is 36.8 Å². The van der Waals surface area contributed by atoms with Gasteiger partial charge in [-0.05, 0) is 204 Å². The van der Waals surface area contributed by atoms with E-state index in [2.05, 4.69) is 88.3 Å². The van der Waals surface area contributed by atoms with Crippen LogP contribution in [0.3, 0.4) is 0 Å². The third kappa shape index (κ3) is 8.91. The van der Waals surface area contributed by atoms with Crippen LogP contribution < -0.4 is 0 Å². The Kier molecular flexibility index (Phi) is 13.9. The Balaban J connectivity index is 0.000000192. The van der Waals surface area contributed by atoms with Crippen molar-refractivity contribution in [1.82, 2.24) is 0 Å². The molecule has 6 fully saturated rings. The second-order valence-corrected chi connectivity index (χ2v) is 27.2. The predicted molar refractivity (Wildman–Crippen MR) is 260 cm³/mol. The van der Waals surface area contributed by atoms with Gasteiger partial charge in [0, 0.05) is 24.7 Å². The molecule has 0 aromatic carbocycles. The Morgan fingerprint density at radius 1 is 0.625 bits per heavy atom. The van der Waals surface area contributed by atoms with Crippen molar-refractivity contribution in [1.29, 1.82) is 0 Å². The zero-order chi connectivity index (χ0) is 47.2. The Bertz CT molecular complexity index is 1800. The monoisotopic (exact) mass is 889 g/mol. The predicted octanol–water partition coefficient (Wildman–Crippen LogP) is 12.8. The van der Waals surface area contributed by atoms with Gasteiger partial charge < -0.3 is 20.4 Å². The molecular formula is C58H96O6. The smallest absolute Gasteiger partial charge is 0.137 e. The summed E-state index contributed by atoms with van der Waals surface area (Å²) in [4.78, 5) is 27.7. The van der Waals surface area contributed by atoms with Crippen LogP contribution in [0.2, 0.25) is 0 Å². The fourth-order valence-corrected chi connectivity index (χ4v) is 17.5. The van der Waals surface area contributed by atoms with E-state index >= 15 is 0 Å². The lowest BCUT2D eigenvalue weighted by atomic mass is 9.45. The van der Waals surface area contributed by atoms with Gasteiger partial charge in [0.1, 0.15) is 11.6 Å². The maximum absolute atomic E-state index is 13.9. The molecule has 64 heavy (non-hydrogen) atoms. The number of hydrogen-bond acceptors (Lipinski definition) is 6. The number of hydrogen-bond donors (Lipinski definition) is 4. The molecule has 0 heterocycles. The number of rotatable bonds is 10. The van der Waals surface area contributed by atoms with Gasteiger partial charge in [0.2, 0.25) is 0 Å². The van der Waals surface area contributed by atoms with E-state index in [1.54, 1.807) is 0 Å². The quantitative estimate of drug-likeness (QED) is 0.162. The van der Waals surface area contributed by atoms with E-state index in [9.17, 15) is 30.0 Å². The third-order valence-corrected chi connectivity index (χ3v) is 21.8. The van der Waals surface area contributed by atoms with Crippen molar-refractivity contribution >= 4 is 11.6 Å². The summed E-state index contributed by atoms with van der Waals surface area (Å²) in [5.41, 5.74) is 1.03. The molecule has 0 radical (unpaired) electrons. The van der Waals surface area contributed by atoms with Crippen molar-refractivity contribution in [2.24, 2.45) is 86.3 Å². The summed E-state index contributed by atoms with van der Waals surface area (Å²) in [5, 5.41) is 42.7. The van der Waals surface area contributed by atoms with Gasteiger partial charge in [-0.3, -0.25) is 9.59 Å². The van der Waals surface area contributed by atoms with Crippen molar-refractivity contribution < 1.29 is 30.0 Å². The van der Waals surface area contributed by atoms with Crippen LogP contribution in [0.25, 0.3) is 0 Å². The summed E-state index contributed by atoms with van der Waals surface area (Å²) in [5.74, 6) is 5.75. The van der Waals surface area contributed by atoms with Crippen LogP contribution in [-0.2, 0) is 9.59 Å². The van der Waals surface area contributed by atoms with Crippen LogP contribution >= 0.6 is 0 Å². The lowest BCUT2D eigenvalue weighted by Crippen LogP contribution is -2.56. The fourth-order valence-electron chi connectivity index (χ4n) is 17.5. The van der Waals surface area contributed by atoms with Crippen LogP contribution in [0.15, 0.2) is 23.3 Å². The summed E-state index contributed by atoms with van der Waals surface area (Å²) < 4.78 is 0. The van der Waals surface area contributed by atoms with Gasteiger partial charge in [-0.2, -0.15) is 0 Å². The molecule has 6 saturated carbocycles. The van der Waals surface area contributed by atoms with Crippen molar-refractivity contribution in [3.63, 3.8) is 0 Å². The largest absolute Gasteiger partial charge is 0.393 e. The van der Waals surface area contributed by atoms with E-state index in [0.717, 1.165) is 103 Å². The Hall–Kier alpha value is -1.34. The summed E-state index contributed by atoms with van der Waals surface area (Å²) >= 11 is 0. The average Bonchev–Trinajstić information content (AvgIpc) is 3.74. The lowest BCUT2D eigenvalue weighted by Gasteiger charge is -2.58. The molecular weight excluding hydrogens is 793 g/mol. The first-order valence-corrected chi connectivity index (χ1v) is 26.9. The number of aliphatic hydroxyl groups excluding tert-OH is 1. The number of allylic oxidation sites excluding steroid dienone is 2. The number of Topliss-reactive ketones (excluding diaryl/α,β-unsaturated/α-hetero) is 2. The topological polar surface area (TPSA) is 115 Å². The van der Waals surface area contributed by atoms with Gasteiger partial charge in [0.25, 0.3) is 0 Å². The maximum atomic E-state index is 13.9. The minimum atomic E-state index is -0.610. The number of fused-ring (bicyclic) bond motifs is 10. The van der Waals surface area contributed by atoms with Gasteiger partial charge in [0.15, 0.2) is 0 Å². The third-order valence-electron chi connectivity index (χ3n) is 21.8. The van der Waals surface area contributed by atoms with Gasteiger partial charge in [-0.1, -0.05) is 99.5 Å². The lowest BCUT2D eigenvalue weighted by molar-refractivity contribution is -0.148. The molecule has 8 aliphatic carbocycles. The van der Waals surface area contributed by atoms with Gasteiger partial charge in [-0.25, -0.2) is 0 Å². The second kappa shape index (κ2) is 17.6. The molecule has 17 atom stereocenters. The first-order valence-electron chi connectivity index (χ1n) is 26.9. The van der Waals surface area contributed by atoms with Gasteiger partial charge in [0.05, 0.1) is 22.9 Å². The number of ketones is 2. The minimum absolute atomic E-state index is 0.0483. The van der Waals surface area contributed by atoms with Crippen LogP contribution in [0, 0.1) is 86.3 Å². The first kappa shape index (κ1) is 50.5. The Morgan fingerprint density at radius 3 is 1.41 bits per heavy atom. The van der Waals surface area contributed by atoms with E-state index < -0.39 is 16.8 Å². The first-order chi connectivity index (χ1) is 29.6. The highest BCUT2D eigenvalue weighted by Crippen LogP contribution is 2.69. The van der Waals surface area contributed by atoms with Crippen LogP contribution in [0.5, 0.6) is 0 Å². The molecule has 0 aromatic rings. The molecule has 0 aromatic heterocycles. The van der Waals surface area contributed by atoms with Crippen LogP contribution in [0.1, 0.15) is 218 Å². The molecule has 0 aliphatic heterocycles. The fraction of sp³-hybridized carbons (Fsp3) is 0.897. The number of carbonyl (C=O) groups excluding carboxylic acids is 2. The zero-order valence-electron chi connectivity index (χ0n) is 43.3. The number of aliphatic hydroxyl groups is 4. The molecule has 6 nitrogen and oxygen atoms in total. The maximum Gasteiger partial charge on any atom is 0.137 e. The average molecular weight is 889 g/mol. The molecule has 8 aliphatic rings. The van der Waals surface area contributed by atoms with E-state index in [0.29, 0.717) is 58.9 Å². The molecule has 8 rings (SSSR count). The highest BCUT2D eigenvalue weighted by atomic mass is 16.3. The minimum Gasteiger partial charge on any atom is -0.393 e. The molecule has 1 unspecified atom stereocenters. The van der Waals surface area contributed by atoms with Crippen LogP contribution in [-0.4, -0.2) is 54.9 Å². The second-order valence-electron chi connectivity index (χ2n) is 27.2. The molecule has 4 N–H and O–H groups in total. The SMILES string of the molecule is CC[C@]1(O)CC[C@@]2(C)C(=CC[C@H]3[C@@H]4CC[C@H]([C@H](C)CCC(C)(C)O)[C@@]4(C)CC(=O)[C@@H]32)C1.CC[C@]1(O)CC[C@@]2(C)C(=CC[C@H]3[C@@H]4CC[C@H]([C@H](C)CCC(O)C(C)(C)C)[C@@]4(C)CC(=O)[C@@H]32)C1. The van der Waals surface area contributed by atoms with E-state index in [4.69, 9.17) is 0 Å². The number of carbonyl (C=O) groups is 2. The summed E-state index contributed by atoms with van der Waals surface area (Å²) in [7, 11) is 0. The van der Waals surface area contributed by atoms with E-state index in [-0.39, 0.29) is 45.0 Å². The summed E-state index contributed by atoms with van der Waals surface area (Å²) in [6.07, 6.45) is 23.5. The van der Waals surface area contributed by atoms with Crippen molar-refractivity contribution in [3.05, 3.63) is 23.3 Å². The zero-order valence-corrected chi connectivity index (χ0v) is 43.3. The van der Waals surface area contributed by atoms with Crippen molar-refractivity contribution in [3.8, 4) is 0 Å². The van der Waals surface area contributed by atoms with Crippen molar-refractivity contribution in [2.45, 2.75) is 241 Å². The molecule has 0 spiro atoms. The standard InChI is InChI=1S/C30H50O3.C28H46O3/c1-8-30(33)16-15-28(6)20(17-30)10-11-21-23-13-12-22(29(23,7)18-24(31)26(21)28)19(2)9-14-25(32)27(3,4)5;1-7-28(31)15-14-26(5)19(16-28)8-9-20-22-11-10-21(18(2)12-13-25(3,4)30)27(22,6)17-23(29)24(20)26/h10,19,21-23,25-26,32-33H,8-9,11-18H2,1-7H3;8,18,20-22,24,30-31H,7,9-17H2,1-6H3/t19-,21+,22-,23+,25?,26-,28+,29-,30+;18-,20+,21-,22+,24-,26+,27-,28+/m11/s1. The van der Waals surface area contributed by atoms with Crippen LogP contribution in [0.4, 0.5) is 0 Å². The Labute approximate surface area is 391 Å². The summed E-state index contributed by atoms with van der Waals surface area (Å²) in [6.45, 7) is 28.6. The van der Waals surface area contributed by atoms with Gasteiger partial charge >= 0.3 is 0 Å². The van der Waals surface area contributed by atoms with E-state index in [1.807, 2.05) is 13.8 Å². The Morgan fingerprint density at radius 2 is 1.03 bits per heavy atom.